The van der Waals surface area contributed by atoms with Gasteiger partial charge in [-0.15, -0.1) is 0 Å². The highest BCUT2D eigenvalue weighted by atomic mass is 16.5. The van der Waals surface area contributed by atoms with Gasteiger partial charge < -0.3 is 15.2 Å². The van der Waals surface area contributed by atoms with E-state index in [1.165, 1.54) is 13.4 Å². The first kappa shape index (κ1) is 14.5. The number of hydrogen-bond donors (Lipinski definition) is 3. The second-order valence-corrected chi connectivity index (χ2v) is 4.37. The Morgan fingerprint density at radius 1 is 1.39 bits per heavy atom. The largest absolute Gasteiger partial charge is 0.504 e. The highest BCUT2D eigenvalue weighted by molar-refractivity contribution is 6.00. The summed E-state index contributed by atoms with van der Waals surface area (Å²) in [6, 6.07) is -0.524. The molecule has 1 aliphatic carbocycles. The Morgan fingerprint density at radius 3 is 2.78 bits per heavy atom. The van der Waals surface area contributed by atoms with Gasteiger partial charge in [-0.1, -0.05) is 6.42 Å². The first-order valence-corrected chi connectivity index (χ1v) is 6.06. The third-order valence-corrected chi connectivity index (χ3v) is 3.17. The summed E-state index contributed by atoms with van der Waals surface area (Å²) >= 11 is 0. The van der Waals surface area contributed by atoms with Gasteiger partial charge in [0.1, 0.15) is 0 Å². The molecule has 1 fully saturated rings. The van der Waals surface area contributed by atoms with Gasteiger partial charge in [-0.2, -0.15) is 0 Å². The van der Waals surface area contributed by atoms with Gasteiger partial charge in [-0.25, -0.2) is 4.79 Å². The first-order valence-electron chi connectivity index (χ1n) is 6.06. The lowest BCUT2D eigenvalue weighted by molar-refractivity contribution is -0.115. The zero-order valence-corrected chi connectivity index (χ0v) is 10.5. The minimum Gasteiger partial charge on any atom is -0.504 e. The van der Waals surface area contributed by atoms with Crippen LogP contribution in [0.3, 0.4) is 0 Å². The van der Waals surface area contributed by atoms with Gasteiger partial charge in [0.2, 0.25) is 0 Å². The molecule has 0 spiro atoms. The molecule has 1 rings (SSSR count). The number of aliphatic hydroxyl groups excluding tert-OH is 1. The van der Waals surface area contributed by atoms with Crippen LogP contribution in [-0.2, 0) is 9.53 Å². The van der Waals surface area contributed by atoms with Crippen LogP contribution in [-0.4, -0.2) is 37.3 Å². The minimum atomic E-state index is -0.528. The lowest BCUT2D eigenvalue weighted by atomic mass is 9.97. The van der Waals surface area contributed by atoms with Crippen LogP contribution in [0, 0.1) is 11.8 Å². The normalized spacial score (nSPS) is 23.0. The van der Waals surface area contributed by atoms with E-state index >= 15 is 0 Å². The highest BCUT2D eigenvalue weighted by Gasteiger charge is 2.26. The summed E-state index contributed by atoms with van der Waals surface area (Å²) in [5.41, 5.74) is 0. The lowest BCUT2D eigenvalue weighted by Gasteiger charge is -2.17. The summed E-state index contributed by atoms with van der Waals surface area (Å²) in [7, 11) is 1.42. The van der Waals surface area contributed by atoms with Crippen molar-refractivity contribution in [2.24, 2.45) is 11.8 Å². The van der Waals surface area contributed by atoms with E-state index in [1.807, 2.05) is 0 Å². The number of aliphatic hydroxyl groups is 1. The Labute approximate surface area is 106 Å². The molecule has 102 valence electrons. The predicted octanol–water partition coefficient (Wildman–Crippen LogP) is 0.381. The van der Waals surface area contributed by atoms with Gasteiger partial charge in [-0.05, 0) is 24.7 Å². The molecule has 2 atom stereocenters. The SMILES string of the molecule is CO/C=C\C(=O)NC(=O)NC[C@@H]1CCC[C@H]1CO. The summed E-state index contributed by atoms with van der Waals surface area (Å²) in [6.07, 6.45) is 5.41. The summed E-state index contributed by atoms with van der Waals surface area (Å²) in [6.45, 7) is 0.641. The zero-order valence-electron chi connectivity index (χ0n) is 10.5. The number of amides is 3. The Hall–Kier alpha value is -1.56. The molecule has 3 N–H and O–H groups in total. The Balaban J connectivity index is 2.24. The van der Waals surface area contributed by atoms with Crippen LogP contribution in [0.4, 0.5) is 4.79 Å². The van der Waals surface area contributed by atoms with Crippen LogP contribution < -0.4 is 10.6 Å². The van der Waals surface area contributed by atoms with Crippen LogP contribution in [0.2, 0.25) is 0 Å². The monoisotopic (exact) mass is 256 g/mol. The van der Waals surface area contributed by atoms with Crippen LogP contribution in [0.15, 0.2) is 12.3 Å². The van der Waals surface area contributed by atoms with Gasteiger partial charge in [0.15, 0.2) is 0 Å². The summed E-state index contributed by atoms with van der Waals surface area (Å²) in [5.74, 6) is 0.0271. The van der Waals surface area contributed by atoms with Crippen molar-refractivity contribution in [2.45, 2.75) is 19.3 Å². The first-order chi connectivity index (χ1) is 8.67. The Bertz CT molecular complexity index is 317. The number of rotatable bonds is 5. The van der Waals surface area contributed by atoms with Gasteiger partial charge >= 0.3 is 6.03 Å². The Morgan fingerprint density at radius 2 is 2.11 bits per heavy atom. The number of carbonyl (C=O) groups excluding carboxylic acids is 2. The van der Waals surface area contributed by atoms with Crippen molar-refractivity contribution in [1.29, 1.82) is 0 Å². The van der Waals surface area contributed by atoms with E-state index in [0.717, 1.165) is 25.3 Å². The van der Waals surface area contributed by atoms with Crippen molar-refractivity contribution in [3.05, 3.63) is 12.3 Å². The quantitative estimate of drug-likeness (QED) is 0.490. The maximum atomic E-state index is 11.4. The maximum absolute atomic E-state index is 11.4. The van der Waals surface area contributed by atoms with Crippen molar-refractivity contribution in [3.63, 3.8) is 0 Å². The van der Waals surface area contributed by atoms with E-state index in [2.05, 4.69) is 15.4 Å². The molecule has 1 aliphatic rings. The molecule has 0 aromatic heterocycles. The average molecular weight is 256 g/mol. The third kappa shape index (κ3) is 4.75. The standard InChI is InChI=1S/C12H20N2O4/c1-18-6-5-11(16)14-12(17)13-7-9-3-2-4-10(9)8-15/h5-6,9-10,15H,2-4,7-8H2,1H3,(H2,13,14,16,17)/b6-5-/t9-,10-/m0/s1. The fraction of sp³-hybridized carbons (Fsp3) is 0.667. The Kier molecular flexibility index (Phi) is 6.21. The number of hydrogen-bond acceptors (Lipinski definition) is 4. The summed E-state index contributed by atoms with van der Waals surface area (Å²) in [4.78, 5) is 22.5. The van der Waals surface area contributed by atoms with E-state index in [-0.39, 0.29) is 12.5 Å². The molecular weight excluding hydrogens is 236 g/mol. The van der Waals surface area contributed by atoms with Crippen LogP contribution in [0.1, 0.15) is 19.3 Å². The molecule has 18 heavy (non-hydrogen) atoms. The number of urea groups is 1. The molecule has 6 heteroatoms. The van der Waals surface area contributed by atoms with Crippen molar-refractivity contribution in [1.82, 2.24) is 10.6 Å². The average Bonchev–Trinajstić information content (AvgIpc) is 2.81. The smallest absolute Gasteiger partial charge is 0.321 e. The van der Waals surface area contributed by atoms with E-state index in [9.17, 15) is 9.59 Å². The van der Waals surface area contributed by atoms with Gasteiger partial charge in [0, 0.05) is 19.2 Å². The van der Waals surface area contributed by atoms with Crippen LogP contribution in [0.5, 0.6) is 0 Å². The number of carbonyl (C=O) groups is 2. The van der Waals surface area contributed by atoms with E-state index in [4.69, 9.17) is 5.11 Å². The van der Waals surface area contributed by atoms with Gasteiger partial charge in [-0.3, -0.25) is 10.1 Å². The fourth-order valence-corrected chi connectivity index (χ4v) is 2.17. The summed E-state index contributed by atoms with van der Waals surface area (Å²) < 4.78 is 4.56. The number of ether oxygens (including phenoxy) is 1. The molecule has 0 aliphatic heterocycles. The van der Waals surface area contributed by atoms with E-state index in [0.29, 0.717) is 12.5 Å². The minimum absolute atomic E-state index is 0.156. The third-order valence-electron chi connectivity index (χ3n) is 3.17. The van der Waals surface area contributed by atoms with Gasteiger partial charge in [0.05, 0.1) is 13.4 Å². The predicted molar refractivity (Wildman–Crippen MR) is 65.6 cm³/mol. The number of methoxy groups -OCH3 is 1. The molecule has 0 aromatic carbocycles. The second-order valence-electron chi connectivity index (χ2n) is 4.37. The number of imide groups is 1. The topological polar surface area (TPSA) is 87.7 Å². The molecule has 6 nitrogen and oxygen atoms in total. The van der Waals surface area contributed by atoms with Gasteiger partial charge in [0.25, 0.3) is 5.91 Å². The van der Waals surface area contributed by atoms with E-state index < -0.39 is 11.9 Å². The molecule has 0 bridgehead atoms. The van der Waals surface area contributed by atoms with Crippen molar-refractivity contribution < 1.29 is 19.4 Å². The van der Waals surface area contributed by atoms with Crippen molar-refractivity contribution >= 4 is 11.9 Å². The zero-order chi connectivity index (χ0) is 13.4. The molecule has 0 unspecified atom stereocenters. The molecule has 3 amide bonds. The highest BCUT2D eigenvalue weighted by Crippen LogP contribution is 2.30. The maximum Gasteiger partial charge on any atom is 0.321 e. The number of nitrogens with one attached hydrogen (secondary N) is 2. The molecular formula is C12H20N2O4. The summed E-state index contributed by atoms with van der Waals surface area (Å²) in [5, 5.41) is 13.9. The molecule has 0 aromatic rings. The molecule has 1 saturated carbocycles. The second kappa shape index (κ2) is 7.71. The molecule has 0 heterocycles. The lowest BCUT2D eigenvalue weighted by Crippen LogP contribution is -2.41. The van der Waals surface area contributed by atoms with Crippen LogP contribution >= 0.6 is 0 Å². The van der Waals surface area contributed by atoms with E-state index in [1.54, 1.807) is 0 Å². The molecule has 0 saturated heterocycles. The van der Waals surface area contributed by atoms with Crippen molar-refractivity contribution in [3.8, 4) is 0 Å². The molecule has 0 radical (unpaired) electrons. The fourth-order valence-electron chi connectivity index (χ4n) is 2.17. The van der Waals surface area contributed by atoms with Crippen LogP contribution in [0.25, 0.3) is 0 Å². The van der Waals surface area contributed by atoms with Crippen molar-refractivity contribution in [2.75, 3.05) is 20.3 Å².